The molecule has 0 spiro atoms. The van der Waals surface area contributed by atoms with Gasteiger partial charge in [0.05, 0.1) is 23.0 Å². The van der Waals surface area contributed by atoms with E-state index >= 15 is 0 Å². The van der Waals surface area contributed by atoms with Gasteiger partial charge in [0.15, 0.2) is 5.82 Å². The third kappa shape index (κ3) is 5.18. The first kappa shape index (κ1) is 24.0. The van der Waals surface area contributed by atoms with Gasteiger partial charge < -0.3 is 10.6 Å². The van der Waals surface area contributed by atoms with Gasteiger partial charge in [-0.15, -0.1) is 11.5 Å². The topological polar surface area (TPSA) is 89.1 Å². The van der Waals surface area contributed by atoms with Crippen LogP contribution in [-0.2, 0) is 0 Å². The van der Waals surface area contributed by atoms with E-state index in [1.807, 2.05) is 62.5 Å². The molecular formula is C26H24BrN7O. The lowest BCUT2D eigenvalue weighted by Gasteiger charge is -2.08. The Morgan fingerprint density at radius 2 is 2.11 bits per heavy atom. The summed E-state index contributed by atoms with van der Waals surface area (Å²) in [7, 11) is 1.60. The summed E-state index contributed by atoms with van der Waals surface area (Å²) < 4.78 is 4.44. The average molecular weight is 530 g/mol. The maximum absolute atomic E-state index is 12.3. The molecular weight excluding hydrogens is 506 g/mol. The van der Waals surface area contributed by atoms with E-state index in [1.54, 1.807) is 28.5 Å². The number of pyridine rings is 2. The molecule has 0 aliphatic rings. The number of allylic oxidation sites excluding steroid dienone is 2. The van der Waals surface area contributed by atoms with E-state index in [4.69, 9.17) is 11.5 Å². The van der Waals surface area contributed by atoms with Gasteiger partial charge in [-0.1, -0.05) is 27.9 Å². The molecule has 0 bridgehead atoms. The maximum atomic E-state index is 12.3. The van der Waals surface area contributed by atoms with Gasteiger partial charge in [0.25, 0.3) is 5.91 Å². The van der Waals surface area contributed by atoms with Crippen molar-refractivity contribution >= 4 is 33.2 Å². The molecule has 4 aromatic heterocycles. The number of aryl methyl sites for hydroxylation is 1. The molecule has 4 rings (SSSR count). The minimum atomic E-state index is -0.196. The normalized spacial score (nSPS) is 12.0. The van der Waals surface area contributed by atoms with Crippen LogP contribution in [0.15, 0.2) is 71.0 Å². The Hall–Kier alpha value is -4.16. The van der Waals surface area contributed by atoms with Crippen LogP contribution >= 0.6 is 15.9 Å². The molecule has 0 atom stereocenters. The highest BCUT2D eigenvalue weighted by Gasteiger charge is 2.17. The fourth-order valence-corrected chi connectivity index (χ4v) is 3.85. The number of amides is 1. The lowest BCUT2D eigenvalue weighted by molar-refractivity contribution is 0.0964. The quantitative estimate of drug-likeness (QED) is 0.271. The third-order valence-electron chi connectivity index (χ3n) is 5.37. The summed E-state index contributed by atoms with van der Waals surface area (Å²) in [6, 6.07) is 11.6. The highest BCUT2D eigenvalue weighted by molar-refractivity contribution is 9.11. The van der Waals surface area contributed by atoms with Gasteiger partial charge in [-0.3, -0.25) is 4.79 Å². The van der Waals surface area contributed by atoms with Crippen LogP contribution in [-0.4, -0.2) is 43.9 Å². The summed E-state index contributed by atoms with van der Waals surface area (Å²) >= 11 is 3.53. The van der Waals surface area contributed by atoms with Gasteiger partial charge >= 0.3 is 0 Å². The van der Waals surface area contributed by atoms with Crippen LogP contribution in [0.1, 0.15) is 23.0 Å². The van der Waals surface area contributed by atoms with E-state index in [2.05, 4.69) is 42.6 Å². The number of fused-ring (bicyclic) bond motifs is 1. The van der Waals surface area contributed by atoms with Crippen molar-refractivity contribution in [3.63, 3.8) is 0 Å². The molecule has 1 amide bonds. The highest BCUT2D eigenvalue weighted by Crippen LogP contribution is 2.28. The maximum Gasteiger partial charge on any atom is 0.254 e. The molecule has 9 heteroatoms. The fraction of sp³-hybridized carbons (Fsp3) is 0.154. The summed E-state index contributed by atoms with van der Waals surface area (Å²) in [5, 5.41) is 15.1. The third-order valence-corrected chi connectivity index (χ3v) is 5.88. The second-order valence-electron chi connectivity index (χ2n) is 7.76. The lowest BCUT2D eigenvalue weighted by Crippen LogP contribution is -2.17. The predicted octanol–water partition coefficient (Wildman–Crippen LogP) is 4.52. The van der Waals surface area contributed by atoms with Gasteiger partial charge in [-0.25, -0.2) is 14.2 Å². The first-order valence-electron chi connectivity index (χ1n) is 10.9. The van der Waals surface area contributed by atoms with E-state index in [1.165, 1.54) is 0 Å². The molecule has 0 radical (unpaired) electrons. The number of hydrogen-bond donors (Lipinski definition) is 2. The number of nitrogens with one attached hydrogen (secondary N) is 2. The van der Waals surface area contributed by atoms with Crippen molar-refractivity contribution in [2.75, 3.05) is 18.9 Å². The van der Waals surface area contributed by atoms with E-state index in [0.29, 0.717) is 29.3 Å². The zero-order valence-corrected chi connectivity index (χ0v) is 21.2. The molecule has 0 fully saturated rings. The van der Waals surface area contributed by atoms with Gasteiger partial charge in [0, 0.05) is 37.1 Å². The SMILES string of the molecule is C#C/C=C\C(CNc1cc(-c2ccn3ncc(C(=O)NC)c3c2)n(-c2cccc(C)n2)n1)=C(/C)Br. The van der Waals surface area contributed by atoms with Crippen molar-refractivity contribution in [3.05, 3.63) is 82.3 Å². The minimum Gasteiger partial charge on any atom is -0.364 e. The first-order chi connectivity index (χ1) is 16.9. The van der Waals surface area contributed by atoms with Crippen LogP contribution in [0.5, 0.6) is 0 Å². The molecule has 4 heterocycles. The van der Waals surface area contributed by atoms with Crippen molar-refractivity contribution in [1.29, 1.82) is 0 Å². The molecule has 35 heavy (non-hydrogen) atoms. The number of halogens is 1. The van der Waals surface area contributed by atoms with Crippen LogP contribution in [0.4, 0.5) is 5.82 Å². The number of nitrogens with zero attached hydrogens (tertiary/aromatic N) is 5. The minimum absolute atomic E-state index is 0.196. The smallest absolute Gasteiger partial charge is 0.254 e. The molecule has 4 aromatic rings. The predicted molar refractivity (Wildman–Crippen MR) is 142 cm³/mol. The average Bonchev–Trinajstić information content (AvgIpc) is 3.47. The van der Waals surface area contributed by atoms with E-state index < -0.39 is 0 Å². The second kappa shape index (κ2) is 10.4. The van der Waals surface area contributed by atoms with Crippen LogP contribution < -0.4 is 10.6 Å². The summed E-state index contributed by atoms with van der Waals surface area (Å²) in [6.07, 6.45) is 12.3. The Morgan fingerprint density at radius 1 is 1.29 bits per heavy atom. The molecule has 0 aliphatic heterocycles. The first-order valence-corrected chi connectivity index (χ1v) is 11.7. The van der Waals surface area contributed by atoms with Gasteiger partial charge in [0.1, 0.15) is 5.82 Å². The second-order valence-corrected chi connectivity index (χ2v) is 8.95. The molecule has 2 N–H and O–H groups in total. The molecule has 0 saturated carbocycles. The number of hydrogen-bond acceptors (Lipinski definition) is 5. The largest absolute Gasteiger partial charge is 0.364 e. The molecule has 8 nitrogen and oxygen atoms in total. The van der Waals surface area contributed by atoms with E-state index in [0.717, 1.165) is 27.0 Å². The van der Waals surface area contributed by atoms with Crippen molar-refractivity contribution in [3.8, 4) is 29.4 Å². The van der Waals surface area contributed by atoms with Crippen molar-refractivity contribution in [2.24, 2.45) is 0 Å². The summed E-state index contributed by atoms with van der Waals surface area (Å²) in [6.45, 7) is 4.42. The van der Waals surface area contributed by atoms with Crippen molar-refractivity contribution in [2.45, 2.75) is 13.8 Å². The van der Waals surface area contributed by atoms with Gasteiger partial charge in [-0.2, -0.15) is 5.10 Å². The Bertz CT molecular complexity index is 1500. The van der Waals surface area contributed by atoms with Gasteiger partial charge in [-0.05, 0) is 60.3 Å². The summed E-state index contributed by atoms with van der Waals surface area (Å²) in [5.41, 5.74) is 4.76. The molecule has 0 unspecified atom stereocenters. The molecule has 0 aromatic carbocycles. The van der Waals surface area contributed by atoms with Gasteiger partial charge in [0.2, 0.25) is 0 Å². The Morgan fingerprint density at radius 3 is 2.83 bits per heavy atom. The standard InChI is InChI=1S/C26H24BrN7O/c1-5-6-9-20(18(3)27)15-29-24-14-22(34(32-24)25-10-7-8-17(2)31-25)19-11-12-33-23(13-19)21(16-30-33)26(35)28-4/h1,6-14,16H,15H2,2-4H3,(H,28,35)(H,29,32)/b9-6-,20-18-. The van der Waals surface area contributed by atoms with E-state index in [-0.39, 0.29) is 5.91 Å². The van der Waals surface area contributed by atoms with Crippen LogP contribution in [0, 0.1) is 19.3 Å². The van der Waals surface area contributed by atoms with Crippen LogP contribution in [0.2, 0.25) is 0 Å². The number of carbonyl (C=O) groups excluding carboxylic acids is 1. The Kier molecular flexibility index (Phi) is 7.13. The van der Waals surface area contributed by atoms with E-state index in [9.17, 15) is 4.79 Å². The fourth-order valence-electron chi connectivity index (χ4n) is 3.57. The lowest BCUT2D eigenvalue weighted by atomic mass is 10.1. The summed E-state index contributed by atoms with van der Waals surface area (Å²) in [4.78, 5) is 17.0. The number of carbonyl (C=O) groups is 1. The van der Waals surface area contributed by atoms with Crippen molar-refractivity contribution in [1.82, 2.24) is 29.7 Å². The van der Waals surface area contributed by atoms with Crippen LogP contribution in [0.3, 0.4) is 0 Å². The monoisotopic (exact) mass is 529 g/mol. The van der Waals surface area contributed by atoms with Crippen LogP contribution in [0.25, 0.3) is 22.6 Å². The van der Waals surface area contributed by atoms with Crippen molar-refractivity contribution < 1.29 is 4.79 Å². The Balaban J connectivity index is 1.79. The number of aromatic nitrogens is 5. The number of terminal acetylenes is 1. The number of rotatable bonds is 7. The highest BCUT2D eigenvalue weighted by atomic mass is 79.9. The molecule has 176 valence electrons. The Labute approximate surface area is 211 Å². The zero-order valence-electron chi connectivity index (χ0n) is 19.6. The number of anilines is 1. The summed E-state index contributed by atoms with van der Waals surface area (Å²) in [5.74, 6) is 3.68. The zero-order chi connectivity index (χ0) is 24.9. The molecule has 0 aliphatic carbocycles. The molecule has 0 saturated heterocycles.